The fourth-order valence-corrected chi connectivity index (χ4v) is 1.42. The van der Waals surface area contributed by atoms with E-state index in [1.165, 1.54) is 0 Å². The van der Waals surface area contributed by atoms with E-state index in [4.69, 9.17) is 33.0 Å². The van der Waals surface area contributed by atoms with Gasteiger partial charge in [-0.3, -0.25) is 5.84 Å². The van der Waals surface area contributed by atoms with E-state index < -0.39 is 29.7 Å². The number of hydrogen-bond acceptors (Lipinski definition) is 6. The molecule has 0 spiro atoms. The number of benzene rings is 1. The number of nitrogens with two attached hydrogens (primary N) is 2. The summed E-state index contributed by atoms with van der Waals surface area (Å²) in [5.41, 5.74) is 6.40. The van der Waals surface area contributed by atoms with E-state index in [1.54, 1.807) is 5.43 Å². The minimum absolute atomic E-state index is 0.142. The Morgan fingerprint density at radius 1 is 1.29 bits per heavy atom. The quantitative estimate of drug-likeness (QED) is 0.278. The van der Waals surface area contributed by atoms with E-state index >= 15 is 0 Å². The number of halogens is 4. The molecular formula is C10H9ClF3N3O4. The molecule has 6 N–H and O–H groups in total. The highest BCUT2D eigenvalue weighted by Gasteiger charge is 2.31. The van der Waals surface area contributed by atoms with Gasteiger partial charge in [-0.05, 0) is 12.1 Å². The van der Waals surface area contributed by atoms with Gasteiger partial charge in [0.15, 0.2) is 5.70 Å². The van der Waals surface area contributed by atoms with E-state index in [2.05, 4.69) is 4.74 Å². The molecule has 1 aromatic carbocycles. The molecule has 0 aliphatic heterocycles. The molecule has 0 saturated carbocycles. The van der Waals surface area contributed by atoms with Crippen LogP contribution in [0.4, 0.5) is 13.2 Å². The second-order valence-corrected chi connectivity index (χ2v) is 3.90. The van der Waals surface area contributed by atoms with Crippen LogP contribution in [0.5, 0.6) is 11.5 Å². The molecule has 0 fully saturated rings. The van der Waals surface area contributed by atoms with Gasteiger partial charge in [-0.15, -0.1) is 13.2 Å². The second-order valence-electron chi connectivity index (χ2n) is 3.46. The number of carboxylic acid groups (broad SMARTS) is 1. The zero-order chi connectivity index (χ0) is 16.2. The number of rotatable bonds is 5. The highest BCUT2D eigenvalue weighted by Crippen LogP contribution is 2.30. The maximum Gasteiger partial charge on any atom is 0.573 e. The predicted octanol–water partition coefficient (Wildman–Crippen LogP) is 1.29. The molecule has 1 aromatic rings. The standard InChI is InChI=1S/C10H9ClF3N3O4/c11-4-1-5(3-6(2-4)21-10(12,13)14)20-8(15)7(17-16)9(18)19/h1-3,17H,15-16H2,(H,18,19)/b8-7+. The molecule has 0 bridgehead atoms. The Labute approximate surface area is 120 Å². The van der Waals surface area contributed by atoms with Crippen LogP contribution < -0.4 is 26.5 Å². The lowest BCUT2D eigenvalue weighted by molar-refractivity contribution is -0.274. The topological polar surface area (TPSA) is 120 Å². The van der Waals surface area contributed by atoms with Crippen molar-refractivity contribution in [3.63, 3.8) is 0 Å². The maximum absolute atomic E-state index is 12.1. The molecule has 7 nitrogen and oxygen atoms in total. The van der Waals surface area contributed by atoms with Crippen molar-refractivity contribution in [2.45, 2.75) is 6.36 Å². The van der Waals surface area contributed by atoms with Crippen molar-refractivity contribution in [2.24, 2.45) is 11.6 Å². The molecule has 116 valence electrons. The number of ether oxygens (including phenoxy) is 2. The summed E-state index contributed by atoms with van der Waals surface area (Å²) < 4.78 is 44.9. The van der Waals surface area contributed by atoms with Crippen molar-refractivity contribution in [1.29, 1.82) is 0 Å². The van der Waals surface area contributed by atoms with Gasteiger partial charge < -0.3 is 25.7 Å². The van der Waals surface area contributed by atoms with Gasteiger partial charge in [0, 0.05) is 11.1 Å². The van der Waals surface area contributed by atoms with Crippen molar-refractivity contribution in [3.8, 4) is 11.5 Å². The molecule has 1 rings (SSSR count). The lowest BCUT2D eigenvalue weighted by atomic mass is 10.3. The van der Waals surface area contributed by atoms with Gasteiger partial charge in [0.2, 0.25) is 5.88 Å². The van der Waals surface area contributed by atoms with Crippen LogP contribution in [0.3, 0.4) is 0 Å². The van der Waals surface area contributed by atoms with Crippen LogP contribution in [0.25, 0.3) is 0 Å². The molecule has 11 heteroatoms. The van der Waals surface area contributed by atoms with Crippen LogP contribution in [0, 0.1) is 0 Å². The fourth-order valence-electron chi connectivity index (χ4n) is 1.20. The number of carbonyl (C=O) groups is 1. The molecule has 0 unspecified atom stereocenters. The van der Waals surface area contributed by atoms with Gasteiger partial charge in [0.25, 0.3) is 0 Å². The fraction of sp³-hybridized carbons (Fsp3) is 0.100. The van der Waals surface area contributed by atoms with Crippen molar-refractivity contribution < 1.29 is 32.5 Å². The van der Waals surface area contributed by atoms with Crippen LogP contribution in [-0.4, -0.2) is 17.4 Å². The van der Waals surface area contributed by atoms with E-state index in [9.17, 15) is 18.0 Å². The summed E-state index contributed by atoms with van der Waals surface area (Å²) in [6.07, 6.45) is -4.92. The first-order valence-electron chi connectivity index (χ1n) is 5.06. The van der Waals surface area contributed by atoms with Crippen LogP contribution in [0.2, 0.25) is 5.02 Å². The summed E-state index contributed by atoms with van der Waals surface area (Å²) >= 11 is 5.60. The highest BCUT2D eigenvalue weighted by molar-refractivity contribution is 6.30. The summed E-state index contributed by atoms with van der Waals surface area (Å²) in [6, 6.07) is 2.82. The summed E-state index contributed by atoms with van der Waals surface area (Å²) in [6.45, 7) is 0. The molecule has 0 radical (unpaired) electrons. The first-order valence-corrected chi connectivity index (χ1v) is 5.44. The SMILES string of the molecule is NN/C(C(=O)O)=C(\N)Oc1cc(Cl)cc(OC(F)(F)F)c1. The highest BCUT2D eigenvalue weighted by atomic mass is 35.5. The Balaban J connectivity index is 3.07. The number of alkyl halides is 3. The predicted molar refractivity (Wildman–Crippen MR) is 64.9 cm³/mol. The van der Waals surface area contributed by atoms with E-state index in [-0.39, 0.29) is 10.8 Å². The number of nitrogens with one attached hydrogen (secondary N) is 1. The van der Waals surface area contributed by atoms with E-state index in [1.807, 2.05) is 0 Å². The monoisotopic (exact) mass is 327 g/mol. The third kappa shape index (κ3) is 5.28. The van der Waals surface area contributed by atoms with Crippen molar-refractivity contribution in [1.82, 2.24) is 5.43 Å². The number of hydrazine groups is 1. The van der Waals surface area contributed by atoms with Crippen LogP contribution in [0.1, 0.15) is 0 Å². The van der Waals surface area contributed by atoms with Gasteiger partial charge in [-0.25, -0.2) is 4.79 Å². The number of carboxylic acids is 1. The Morgan fingerprint density at radius 3 is 2.33 bits per heavy atom. The van der Waals surface area contributed by atoms with Gasteiger partial charge >= 0.3 is 12.3 Å². The minimum atomic E-state index is -4.92. The van der Waals surface area contributed by atoms with Gasteiger partial charge in [0.05, 0.1) is 0 Å². The molecule has 0 heterocycles. The zero-order valence-corrected chi connectivity index (χ0v) is 10.8. The van der Waals surface area contributed by atoms with Crippen molar-refractivity contribution in [3.05, 3.63) is 34.8 Å². The Bertz CT molecular complexity index is 577. The zero-order valence-electron chi connectivity index (χ0n) is 10.1. The molecule has 0 saturated heterocycles. The van der Waals surface area contributed by atoms with E-state index in [0.29, 0.717) is 0 Å². The summed E-state index contributed by atoms with van der Waals surface area (Å²) in [5, 5.41) is 8.58. The van der Waals surface area contributed by atoms with Crippen LogP contribution >= 0.6 is 11.6 Å². The van der Waals surface area contributed by atoms with Crippen molar-refractivity contribution >= 4 is 17.6 Å². The van der Waals surface area contributed by atoms with Gasteiger partial charge in [0.1, 0.15) is 11.5 Å². The first-order chi connectivity index (χ1) is 9.62. The van der Waals surface area contributed by atoms with Crippen LogP contribution in [0.15, 0.2) is 29.8 Å². The Hall–Kier alpha value is -2.33. The minimum Gasteiger partial charge on any atom is -0.476 e. The third-order valence-corrected chi connectivity index (χ3v) is 2.13. The summed E-state index contributed by atoms with van der Waals surface area (Å²) in [4.78, 5) is 10.7. The molecule has 0 aliphatic rings. The average Bonchev–Trinajstić information content (AvgIpc) is 2.25. The maximum atomic E-state index is 12.1. The largest absolute Gasteiger partial charge is 0.573 e. The second kappa shape index (κ2) is 6.41. The first kappa shape index (κ1) is 16.7. The lowest BCUT2D eigenvalue weighted by Gasteiger charge is -2.12. The van der Waals surface area contributed by atoms with Gasteiger partial charge in [-0.1, -0.05) is 11.6 Å². The molecule has 21 heavy (non-hydrogen) atoms. The van der Waals surface area contributed by atoms with Crippen molar-refractivity contribution in [2.75, 3.05) is 0 Å². The average molecular weight is 328 g/mol. The molecule has 0 aromatic heterocycles. The number of hydrogen-bond donors (Lipinski definition) is 4. The molecule has 0 aliphatic carbocycles. The summed E-state index contributed by atoms with van der Waals surface area (Å²) in [7, 11) is 0. The lowest BCUT2D eigenvalue weighted by Crippen LogP contribution is -2.31. The molecular weight excluding hydrogens is 319 g/mol. The van der Waals surface area contributed by atoms with E-state index in [0.717, 1.165) is 18.2 Å². The number of aliphatic carboxylic acids is 1. The summed E-state index contributed by atoms with van der Waals surface area (Å²) in [5.74, 6) is 1.80. The Morgan fingerprint density at radius 2 is 1.86 bits per heavy atom. The third-order valence-electron chi connectivity index (χ3n) is 1.91. The smallest absolute Gasteiger partial charge is 0.476 e. The van der Waals surface area contributed by atoms with Crippen LogP contribution in [-0.2, 0) is 4.79 Å². The molecule has 0 amide bonds. The normalized spacial score (nSPS) is 12.4. The molecule has 0 atom stereocenters. The Kier molecular flexibility index (Phi) is 5.11. The van der Waals surface area contributed by atoms with Gasteiger partial charge in [-0.2, -0.15) is 0 Å².